The maximum atomic E-state index is 11.1. The van der Waals surface area contributed by atoms with Crippen molar-refractivity contribution in [3.63, 3.8) is 0 Å². The third-order valence-electron chi connectivity index (χ3n) is 2.31. The molecule has 96 valence electrons. The lowest BCUT2D eigenvalue weighted by molar-refractivity contribution is -0.139. The molecule has 0 aliphatic heterocycles. The highest BCUT2D eigenvalue weighted by Crippen LogP contribution is 2.16. The molecule has 0 atom stereocenters. The van der Waals surface area contributed by atoms with Crippen LogP contribution in [-0.4, -0.2) is 32.8 Å². The maximum Gasteiger partial charge on any atom is 0.311 e. The molecule has 8 heteroatoms. The van der Waals surface area contributed by atoms with E-state index < -0.39 is 0 Å². The molecule has 0 saturated carbocycles. The number of aryl methyl sites for hydroxylation is 1. The molecular formula is C10H13N5O2S. The zero-order valence-electron chi connectivity index (χ0n) is 10.1. The normalized spacial score (nSPS) is 10.3. The van der Waals surface area contributed by atoms with E-state index in [2.05, 4.69) is 25.2 Å². The summed E-state index contributed by atoms with van der Waals surface area (Å²) >= 11 is 1.44. The summed E-state index contributed by atoms with van der Waals surface area (Å²) in [7, 11) is 3.24. The van der Waals surface area contributed by atoms with E-state index in [0.29, 0.717) is 12.2 Å². The number of rotatable bonds is 5. The fourth-order valence-corrected chi connectivity index (χ4v) is 2.02. The van der Waals surface area contributed by atoms with Gasteiger partial charge in [-0.1, -0.05) is 0 Å². The molecule has 0 fully saturated rings. The fourth-order valence-electron chi connectivity index (χ4n) is 1.31. The summed E-state index contributed by atoms with van der Waals surface area (Å²) in [5.74, 6) is 0.528. The van der Waals surface area contributed by atoms with Gasteiger partial charge in [-0.25, -0.2) is 4.98 Å². The monoisotopic (exact) mass is 267 g/mol. The highest BCUT2D eigenvalue weighted by molar-refractivity contribution is 7.13. The zero-order chi connectivity index (χ0) is 13.0. The molecule has 0 aromatic carbocycles. The first-order valence-electron chi connectivity index (χ1n) is 5.27. The van der Waals surface area contributed by atoms with Crippen molar-refractivity contribution >= 4 is 22.4 Å². The Kier molecular flexibility index (Phi) is 3.88. The Morgan fingerprint density at radius 2 is 2.44 bits per heavy atom. The van der Waals surface area contributed by atoms with Gasteiger partial charge in [0.25, 0.3) is 0 Å². The molecule has 7 nitrogen and oxygen atoms in total. The second-order valence-corrected chi connectivity index (χ2v) is 4.47. The molecule has 2 heterocycles. The van der Waals surface area contributed by atoms with Gasteiger partial charge in [0.2, 0.25) is 0 Å². The molecule has 18 heavy (non-hydrogen) atoms. The molecule has 0 spiro atoms. The summed E-state index contributed by atoms with van der Waals surface area (Å²) < 4.78 is 6.41. The summed E-state index contributed by atoms with van der Waals surface area (Å²) in [6.07, 6.45) is 1.83. The van der Waals surface area contributed by atoms with Crippen LogP contribution in [0.1, 0.15) is 11.5 Å². The predicted octanol–water partition coefficient (Wildman–Crippen LogP) is 0.599. The van der Waals surface area contributed by atoms with E-state index in [1.165, 1.54) is 18.4 Å². The highest BCUT2D eigenvalue weighted by atomic mass is 32.1. The van der Waals surface area contributed by atoms with Crippen molar-refractivity contribution in [1.29, 1.82) is 0 Å². The van der Waals surface area contributed by atoms with E-state index in [-0.39, 0.29) is 12.4 Å². The molecule has 0 aliphatic rings. The average Bonchev–Trinajstić information content (AvgIpc) is 2.96. The third kappa shape index (κ3) is 3.04. The van der Waals surface area contributed by atoms with E-state index in [1.807, 2.05) is 17.0 Å². The van der Waals surface area contributed by atoms with Gasteiger partial charge in [0.05, 0.1) is 25.8 Å². The SMILES string of the molecule is COC(=O)Cc1csc(NCc2nncn2C)n1. The number of methoxy groups -OCH3 is 1. The number of nitrogens with one attached hydrogen (secondary N) is 1. The van der Waals surface area contributed by atoms with Crippen molar-refractivity contribution in [1.82, 2.24) is 19.7 Å². The van der Waals surface area contributed by atoms with Gasteiger partial charge in [-0.2, -0.15) is 0 Å². The zero-order valence-corrected chi connectivity index (χ0v) is 10.9. The predicted molar refractivity (Wildman–Crippen MR) is 66.2 cm³/mol. The van der Waals surface area contributed by atoms with Crippen molar-refractivity contribution in [3.8, 4) is 0 Å². The van der Waals surface area contributed by atoms with E-state index in [9.17, 15) is 4.79 Å². The first-order chi connectivity index (χ1) is 8.69. The molecule has 1 N–H and O–H groups in total. The van der Waals surface area contributed by atoms with Crippen LogP contribution in [0, 0.1) is 0 Å². The van der Waals surface area contributed by atoms with Crippen LogP contribution < -0.4 is 5.32 Å². The van der Waals surface area contributed by atoms with Crippen molar-refractivity contribution in [2.45, 2.75) is 13.0 Å². The van der Waals surface area contributed by atoms with Crippen LogP contribution in [0.4, 0.5) is 5.13 Å². The van der Waals surface area contributed by atoms with Crippen molar-refractivity contribution in [2.24, 2.45) is 7.05 Å². The summed E-state index contributed by atoms with van der Waals surface area (Å²) in [4.78, 5) is 15.4. The van der Waals surface area contributed by atoms with Crippen LogP contribution in [0.2, 0.25) is 0 Å². The van der Waals surface area contributed by atoms with Gasteiger partial charge in [0.15, 0.2) is 11.0 Å². The third-order valence-corrected chi connectivity index (χ3v) is 3.16. The van der Waals surface area contributed by atoms with Gasteiger partial charge in [0, 0.05) is 12.4 Å². The van der Waals surface area contributed by atoms with E-state index in [4.69, 9.17) is 0 Å². The quantitative estimate of drug-likeness (QED) is 0.799. The lowest BCUT2D eigenvalue weighted by Crippen LogP contribution is -2.07. The van der Waals surface area contributed by atoms with Crippen LogP contribution in [0.3, 0.4) is 0 Å². The van der Waals surface area contributed by atoms with Crippen LogP contribution in [-0.2, 0) is 29.5 Å². The van der Waals surface area contributed by atoms with Gasteiger partial charge in [-0.15, -0.1) is 21.5 Å². The van der Waals surface area contributed by atoms with E-state index >= 15 is 0 Å². The number of esters is 1. The summed E-state index contributed by atoms with van der Waals surface area (Å²) in [6.45, 7) is 0.543. The van der Waals surface area contributed by atoms with E-state index in [0.717, 1.165) is 11.0 Å². The fraction of sp³-hybridized carbons (Fsp3) is 0.400. The smallest absolute Gasteiger partial charge is 0.311 e. The van der Waals surface area contributed by atoms with Crippen molar-refractivity contribution in [2.75, 3.05) is 12.4 Å². The van der Waals surface area contributed by atoms with Crippen LogP contribution in [0.5, 0.6) is 0 Å². The Balaban J connectivity index is 1.91. The van der Waals surface area contributed by atoms with Crippen LogP contribution >= 0.6 is 11.3 Å². The van der Waals surface area contributed by atoms with Crippen LogP contribution in [0.15, 0.2) is 11.7 Å². The second kappa shape index (κ2) is 5.58. The molecule has 0 unspecified atom stereocenters. The average molecular weight is 267 g/mol. The standard InChI is InChI=1S/C10H13N5O2S/c1-15-6-12-14-8(15)4-11-10-13-7(5-18-10)3-9(16)17-2/h5-6H,3-4H2,1-2H3,(H,11,13). The topological polar surface area (TPSA) is 81.9 Å². The first-order valence-corrected chi connectivity index (χ1v) is 6.15. The molecule has 0 bridgehead atoms. The number of hydrogen-bond acceptors (Lipinski definition) is 7. The summed E-state index contributed by atoms with van der Waals surface area (Å²) in [5.41, 5.74) is 0.701. The lowest BCUT2D eigenvalue weighted by Gasteiger charge is -2.01. The minimum absolute atomic E-state index is 0.193. The summed E-state index contributed by atoms with van der Waals surface area (Å²) in [6, 6.07) is 0. The first kappa shape index (κ1) is 12.5. The van der Waals surface area contributed by atoms with Crippen molar-refractivity contribution < 1.29 is 9.53 Å². The minimum atomic E-state index is -0.292. The van der Waals surface area contributed by atoms with Gasteiger partial charge in [0.1, 0.15) is 6.33 Å². The minimum Gasteiger partial charge on any atom is -0.469 e. The van der Waals surface area contributed by atoms with Gasteiger partial charge in [-0.3, -0.25) is 4.79 Å². The van der Waals surface area contributed by atoms with E-state index in [1.54, 1.807) is 6.33 Å². The summed E-state index contributed by atoms with van der Waals surface area (Å²) in [5, 5.41) is 13.4. The Labute approximate surface area is 108 Å². The Morgan fingerprint density at radius 1 is 1.61 bits per heavy atom. The molecule has 0 radical (unpaired) electrons. The number of ether oxygens (including phenoxy) is 1. The Bertz CT molecular complexity index is 536. The lowest BCUT2D eigenvalue weighted by atomic mass is 10.3. The Morgan fingerprint density at radius 3 is 3.11 bits per heavy atom. The molecule has 0 amide bonds. The number of carbonyl (C=O) groups is 1. The van der Waals surface area contributed by atoms with Crippen molar-refractivity contribution in [3.05, 3.63) is 23.2 Å². The molecule has 2 rings (SSSR count). The molecule has 0 aliphatic carbocycles. The second-order valence-electron chi connectivity index (χ2n) is 3.61. The number of hydrogen-bond donors (Lipinski definition) is 1. The van der Waals surface area contributed by atoms with Gasteiger partial charge in [-0.05, 0) is 0 Å². The Hall–Kier alpha value is -1.96. The number of carbonyl (C=O) groups excluding carboxylic acids is 1. The largest absolute Gasteiger partial charge is 0.469 e. The molecule has 0 saturated heterocycles. The number of thiazole rings is 1. The molecular weight excluding hydrogens is 254 g/mol. The van der Waals surface area contributed by atoms with Gasteiger partial charge >= 0.3 is 5.97 Å². The number of anilines is 1. The van der Waals surface area contributed by atoms with Crippen LogP contribution in [0.25, 0.3) is 0 Å². The number of nitrogens with zero attached hydrogens (tertiary/aromatic N) is 4. The highest BCUT2D eigenvalue weighted by Gasteiger charge is 2.08. The van der Waals surface area contributed by atoms with Gasteiger partial charge < -0.3 is 14.6 Å². The molecule has 2 aromatic rings. The maximum absolute atomic E-state index is 11.1. The number of aromatic nitrogens is 4. The molecule has 2 aromatic heterocycles.